The fourth-order valence-corrected chi connectivity index (χ4v) is 1.23. The molecule has 5 heteroatoms. The number of hydrogen-bond donors (Lipinski definition) is 0. The smallest absolute Gasteiger partial charge is 0.550 e. The molecule has 0 atom stereocenters. The molecule has 0 radical (unpaired) electrons. The summed E-state index contributed by atoms with van der Waals surface area (Å²) in [7, 11) is 0. The molecule has 0 aliphatic rings. The number of hydrogen-bond acceptors (Lipinski definition) is 4. The Balaban J connectivity index is -0.000000321. The van der Waals surface area contributed by atoms with Gasteiger partial charge in [-0.25, -0.2) is 0 Å². The molecule has 0 aromatic carbocycles. The van der Waals surface area contributed by atoms with Crippen molar-refractivity contribution in [3.8, 4) is 0 Å². The summed E-state index contributed by atoms with van der Waals surface area (Å²) in [6.45, 7) is 5.09. The van der Waals surface area contributed by atoms with Crippen molar-refractivity contribution < 1.29 is 19.8 Å². The fourth-order valence-electron chi connectivity index (χ4n) is 1.23. The molecule has 0 heterocycles. The van der Waals surface area contributed by atoms with Gasteiger partial charge in [0.1, 0.15) is 0 Å². The van der Waals surface area contributed by atoms with E-state index in [2.05, 4.69) is 13.5 Å². The Bertz CT molecular complexity index is 217. The van der Waals surface area contributed by atoms with E-state index in [1.54, 1.807) is 0 Å². The predicted molar refractivity (Wildman–Crippen MR) is 68.6 cm³/mol. The zero-order chi connectivity index (χ0) is 13.5. The summed E-state index contributed by atoms with van der Waals surface area (Å²) < 4.78 is 0. The van der Waals surface area contributed by atoms with Crippen molar-refractivity contribution >= 4 is 35.0 Å². The maximum Gasteiger partial charge on any atom is 2.00 e. The van der Waals surface area contributed by atoms with Gasteiger partial charge in [0, 0.05) is 5.97 Å². The number of carbonyl (C=O) groups excluding carboxylic acids is 2. The Morgan fingerprint density at radius 2 is 1.39 bits per heavy atom. The fraction of sp³-hybridized carbons (Fsp3) is 0.692. The van der Waals surface area contributed by atoms with Gasteiger partial charge in [0.2, 0.25) is 0 Å². The van der Waals surface area contributed by atoms with Crippen molar-refractivity contribution in [3.05, 3.63) is 12.7 Å². The van der Waals surface area contributed by atoms with E-state index in [9.17, 15) is 9.90 Å². The van der Waals surface area contributed by atoms with Crippen LogP contribution < -0.4 is 10.2 Å². The Kier molecular flexibility index (Phi) is 23.6. The molecule has 0 saturated carbocycles. The van der Waals surface area contributed by atoms with E-state index in [0.717, 1.165) is 18.9 Å². The van der Waals surface area contributed by atoms with Crippen LogP contribution in [0.3, 0.4) is 0 Å². The Hall–Kier alpha value is -0.554. The van der Waals surface area contributed by atoms with E-state index in [4.69, 9.17) is 9.90 Å². The van der Waals surface area contributed by atoms with Gasteiger partial charge in [-0.3, -0.25) is 0 Å². The largest absolute Gasteiger partial charge is 2.00 e. The summed E-state index contributed by atoms with van der Waals surface area (Å²) in [5.74, 6) is -2.14. The first-order valence-electron chi connectivity index (χ1n) is 6.07. The molecule has 0 saturated heterocycles. The molecule has 0 bridgehead atoms. The van der Waals surface area contributed by atoms with Crippen molar-refractivity contribution in [2.45, 2.75) is 58.3 Å². The number of aliphatic carboxylic acids is 2. The van der Waals surface area contributed by atoms with Crippen molar-refractivity contribution in [1.82, 2.24) is 0 Å². The predicted octanol–water partition coefficient (Wildman–Crippen LogP) is 0.418. The number of carbonyl (C=O) groups is 2. The van der Waals surface area contributed by atoms with Gasteiger partial charge in [-0.15, -0.1) is 0 Å². The quantitative estimate of drug-likeness (QED) is 0.344. The standard InChI is InChI=1S/C10H20O2.C3H4O2.Mg/c1-2-3-4-5-6-7-8-9-10(11)12;1-2-3(4)5;/h2-9H2,1H3,(H,11,12);2H,1H2,(H,4,5);/q;;+2/p-2. The van der Waals surface area contributed by atoms with Crippen molar-refractivity contribution in [2.75, 3.05) is 0 Å². The van der Waals surface area contributed by atoms with Crippen LogP contribution in [0.25, 0.3) is 0 Å². The molecular formula is C13H22MgO4. The van der Waals surface area contributed by atoms with Crippen LogP contribution in [-0.4, -0.2) is 35.0 Å². The van der Waals surface area contributed by atoms with E-state index in [1.807, 2.05) is 0 Å². The van der Waals surface area contributed by atoms with Gasteiger partial charge < -0.3 is 19.8 Å². The maximum atomic E-state index is 10.0. The van der Waals surface area contributed by atoms with Crippen LogP contribution in [0.2, 0.25) is 0 Å². The summed E-state index contributed by atoms with van der Waals surface area (Å²) in [5.41, 5.74) is 0. The average Bonchev–Trinajstić information content (AvgIpc) is 2.28. The van der Waals surface area contributed by atoms with Gasteiger partial charge in [-0.2, -0.15) is 0 Å². The normalized spacial score (nSPS) is 8.50. The molecular weight excluding hydrogens is 244 g/mol. The van der Waals surface area contributed by atoms with Crippen LogP contribution in [0, 0.1) is 0 Å². The summed E-state index contributed by atoms with van der Waals surface area (Å²) in [6.07, 6.45) is 9.06. The molecule has 0 N–H and O–H groups in total. The molecule has 0 aliphatic carbocycles. The van der Waals surface area contributed by atoms with Gasteiger partial charge >= 0.3 is 23.1 Å². The van der Waals surface area contributed by atoms with Crippen LogP contribution in [-0.2, 0) is 9.59 Å². The molecule has 4 nitrogen and oxygen atoms in total. The molecule has 0 amide bonds. The van der Waals surface area contributed by atoms with Crippen LogP contribution in [0.4, 0.5) is 0 Å². The number of unbranched alkanes of at least 4 members (excludes halogenated alkanes) is 6. The van der Waals surface area contributed by atoms with E-state index in [-0.39, 0.29) is 29.5 Å². The Labute approximate surface area is 126 Å². The van der Waals surface area contributed by atoms with Crippen LogP contribution in [0.15, 0.2) is 12.7 Å². The first kappa shape index (κ1) is 22.6. The molecule has 0 aromatic rings. The van der Waals surface area contributed by atoms with E-state index >= 15 is 0 Å². The van der Waals surface area contributed by atoms with Gasteiger partial charge in [-0.05, 0) is 18.9 Å². The third-order valence-corrected chi connectivity index (χ3v) is 2.15. The first-order chi connectivity index (χ1) is 8.04. The average molecular weight is 267 g/mol. The minimum absolute atomic E-state index is 0. The van der Waals surface area contributed by atoms with Crippen molar-refractivity contribution in [1.29, 1.82) is 0 Å². The SMILES string of the molecule is C=CC(=O)[O-].CCCCCCCCCC(=O)[O-].[Mg+2]. The van der Waals surface area contributed by atoms with Gasteiger partial charge in [0.15, 0.2) is 0 Å². The third-order valence-electron chi connectivity index (χ3n) is 2.15. The second-order valence-electron chi connectivity index (χ2n) is 3.77. The summed E-state index contributed by atoms with van der Waals surface area (Å²) >= 11 is 0. The topological polar surface area (TPSA) is 80.3 Å². The van der Waals surface area contributed by atoms with Crippen LogP contribution in [0.1, 0.15) is 58.3 Å². The minimum atomic E-state index is -1.23. The molecule has 0 aliphatic heterocycles. The van der Waals surface area contributed by atoms with Crippen LogP contribution >= 0.6 is 0 Å². The molecule has 0 aromatic heterocycles. The minimum Gasteiger partial charge on any atom is -0.550 e. The maximum absolute atomic E-state index is 10.0. The number of carboxylic acids is 2. The molecule has 0 rings (SSSR count). The van der Waals surface area contributed by atoms with E-state index in [1.165, 1.54) is 32.1 Å². The summed E-state index contributed by atoms with van der Waals surface area (Å²) in [5, 5.41) is 19.2. The van der Waals surface area contributed by atoms with E-state index in [0.29, 0.717) is 0 Å². The molecule has 18 heavy (non-hydrogen) atoms. The van der Waals surface area contributed by atoms with Crippen LogP contribution in [0.5, 0.6) is 0 Å². The molecule has 0 fully saturated rings. The monoisotopic (exact) mass is 266 g/mol. The van der Waals surface area contributed by atoms with Gasteiger partial charge in [0.25, 0.3) is 0 Å². The Morgan fingerprint density at radius 3 is 1.72 bits per heavy atom. The molecule has 0 unspecified atom stereocenters. The summed E-state index contributed by atoms with van der Waals surface area (Å²) in [4.78, 5) is 19.2. The van der Waals surface area contributed by atoms with Gasteiger partial charge in [0.05, 0.1) is 5.97 Å². The van der Waals surface area contributed by atoms with Crippen molar-refractivity contribution in [3.63, 3.8) is 0 Å². The zero-order valence-corrected chi connectivity index (χ0v) is 12.7. The summed E-state index contributed by atoms with van der Waals surface area (Å²) in [6, 6.07) is 0. The molecule has 100 valence electrons. The van der Waals surface area contributed by atoms with Gasteiger partial charge in [-0.1, -0.05) is 52.0 Å². The zero-order valence-electron chi connectivity index (χ0n) is 11.3. The van der Waals surface area contributed by atoms with Crippen molar-refractivity contribution in [2.24, 2.45) is 0 Å². The Morgan fingerprint density at radius 1 is 1.00 bits per heavy atom. The number of rotatable bonds is 9. The second kappa shape index (κ2) is 18.8. The second-order valence-corrected chi connectivity index (χ2v) is 3.77. The third kappa shape index (κ3) is 29.5. The molecule has 0 spiro atoms. The van der Waals surface area contributed by atoms with E-state index < -0.39 is 11.9 Å². The first-order valence-corrected chi connectivity index (χ1v) is 6.07. The number of carboxylic acid groups (broad SMARTS) is 2.